The minimum Gasteiger partial charge on any atom is -0.313 e. The van der Waals surface area contributed by atoms with Gasteiger partial charge in [-0.3, -0.25) is 0 Å². The van der Waals surface area contributed by atoms with E-state index in [0.29, 0.717) is 12.0 Å². The van der Waals surface area contributed by atoms with E-state index in [1.807, 2.05) is 0 Å². The maximum Gasteiger partial charge on any atom is 0.0127 e. The summed E-state index contributed by atoms with van der Waals surface area (Å²) < 4.78 is 0. The van der Waals surface area contributed by atoms with Crippen molar-refractivity contribution in [2.75, 3.05) is 6.54 Å². The van der Waals surface area contributed by atoms with Crippen molar-refractivity contribution < 1.29 is 0 Å². The van der Waals surface area contributed by atoms with Crippen LogP contribution in [0.15, 0.2) is 12.2 Å². The van der Waals surface area contributed by atoms with Crippen LogP contribution in [0.5, 0.6) is 0 Å². The van der Waals surface area contributed by atoms with E-state index < -0.39 is 0 Å². The average Bonchev–Trinajstić information content (AvgIpc) is 2.11. The van der Waals surface area contributed by atoms with Gasteiger partial charge >= 0.3 is 0 Å². The van der Waals surface area contributed by atoms with Gasteiger partial charge in [0.25, 0.3) is 0 Å². The van der Waals surface area contributed by atoms with Gasteiger partial charge in [0.1, 0.15) is 0 Å². The summed E-state index contributed by atoms with van der Waals surface area (Å²) in [6.45, 7) is 14.1. The SMILES string of the molecule is C=C(CC)CC(NCCC)C(C)C. The second-order valence-corrected chi connectivity index (χ2v) is 4.11. The van der Waals surface area contributed by atoms with Gasteiger partial charge in [-0.25, -0.2) is 0 Å². The van der Waals surface area contributed by atoms with Crippen molar-refractivity contribution in [2.45, 2.75) is 53.0 Å². The van der Waals surface area contributed by atoms with E-state index in [1.54, 1.807) is 0 Å². The van der Waals surface area contributed by atoms with E-state index in [0.717, 1.165) is 19.4 Å². The normalized spacial score (nSPS) is 13.3. The Kier molecular flexibility index (Phi) is 6.97. The van der Waals surface area contributed by atoms with E-state index >= 15 is 0 Å². The molecule has 1 heteroatoms. The van der Waals surface area contributed by atoms with E-state index in [9.17, 15) is 0 Å². The summed E-state index contributed by atoms with van der Waals surface area (Å²) in [4.78, 5) is 0. The van der Waals surface area contributed by atoms with Crippen LogP contribution in [0.25, 0.3) is 0 Å². The maximum absolute atomic E-state index is 4.06. The van der Waals surface area contributed by atoms with Crippen molar-refractivity contribution in [3.8, 4) is 0 Å². The molecule has 0 spiro atoms. The minimum atomic E-state index is 0.618. The molecule has 78 valence electrons. The first kappa shape index (κ1) is 12.7. The summed E-state index contributed by atoms with van der Waals surface area (Å²) in [5.74, 6) is 0.704. The van der Waals surface area contributed by atoms with Crippen LogP contribution in [0.4, 0.5) is 0 Å². The topological polar surface area (TPSA) is 12.0 Å². The number of hydrogen-bond acceptors (Lipinski definition) is 1. The predicted molar refractivity (Wildman–Crippen MR) is 61.0 cm³/mol. The Bertz CT molecular complexity index is 138. The lowest BCUT2D eigenvalue weighted by atomic mass is 9.96. The molecule has 0 bridgehead atoms. The molecule has 0 aliphatic rings. The van der Waals surface area contributed by atoms with E-state index in [2.05, 4.69) is 39.6 Å². The molecule has 0 aromatic heterocycles. The molecule has 0 aliphatic carbocycles. The second kappa shape index (κ2) is 7.14. The lowest BCUT2D eigenvalue weighted by Gasteiger charge is -2.22. The van der Waals surface area contributed by atoms with E-state index in [1.165, 1.54) is 12.0 Å². The highest BCUT2D eigenvalue weighted by Gasteiger charge is 2.12. The molecule has 1 N–H and O–H groups in total. The van der Waals surface area contributed by atoms with Gasteiger partial charge in [-0.15, -0.1) is 0 Å². The monoisotopic (exact) mass is 183 g/mol. The Labute approximate surface area is 83.6 Å². The Balaban J connectivity index is 3.87. The largest absolute Gasteiger partial charge is 0.313 e. The first-order valence-electron chi connectivity index (χ1n) is 5.51. The molecule has 0 amide bonds. The predicted octanol–water partition coefficient (Wildman–Crippen LogP) is 3.37. The molecule has 0 fully saturated rings. The minimum absolute atomic E-state index is 0.618. The fourth-order valence-corrected chi connectivity index (χ4v) is 1.33. The van der Waals surface area contributed by atoms with Crippen molar-refractivity contribution >= 4 is 0 Å². The highest BCUT2D eigenvalue weighted by molar-refractivity contribution is 4.97. The molecule has 0 radical (unpaired) electrons. The first-order chi connectivity index (χ1) is 6.11. The van der Waals surface area contributed by atoms with Crippen LogP contribution in [0.1, 0.15) is 47.0 Å². The van der Waals surface area contributed by atoms with Crippen molar-refractivity contribution in [2.24, 2.45) is 5.92 Å². The Morgan fingerprint density at radius 2 is 1.92 bits per heavy atom. The van der Waals surface area contributed by atoms with Crippen LogP contribution in [0.2, 0.25) is 0 Å². The van der Waals surface area contributed by atoms with Crippen LogP contribution in [-0.2, 0) is 0 Å². The first-order valence-corrected chi connectivity index (χ1v) is 5.51. The molecule has 1 nitrogen and oxygen atoms in total. The zero-order valence-corrected chi connectivity index (χ0v) is 9.69. The van der Waals surface area contributed by atoms with Crippen molar-refractivity contribution in [1.82, 2.24) is 5.32 Å². The fraction of sp³-hybridized carbons (Fsp3) is 0.833. The van der Waals surface area contributed by atoms with Gasteiger partial charge in [0, 0.05) is 6.04 Å². The summed E-state index contributed by atoms with van der Waals surface area (Å²) in [5.41, 5.74) is 1.36. The highest BCUT2D eigenvalue weighted by Crippen LogP contribution is 2.13. The maximum atomic E-state index is 4.06. The lowest BCUT2D eigenvalue weighted by molar-refractivity contribution is 0.394. The quantitative estimate of drug-likeness (QED) is 0.597. The number of nitrogens with one attached hydrogen (secondary N) is 1. The van der Waals surface area contributed by atoms with E-state index in [4.69, 9.17) is 0 Å². The van der Waals surface area contributed by atoms with Crippen LogP contribution >= 0.6 is 0 Å². The summed E-state index contributed by atoms with van der Waals surface area (Å²) >= 11 is 0. The Hall–Kier alpha value is -0.300. The van der Waals surface area contributed by atoms with Gasteiger partial charge < -0.3 is 5.32 Å². The molecular weight excluding hydrogens is 158 g/mol. The molecule has 0 rings (SSSR count). The molecule has 0 saturated heterocycles. The van der Waals surface area contributed by atoms with Gasteiger partial charge in [0.15, 0.2) is 0 Å². The Morgan fingerprint density at radius 1 is 1.31 bits per heavy atom. The zero-order chi connectivity index (χ0) is 10.3. The molecular formula is C12H25N. The summed E-state index contributed by atoms with van der Waals surface area (Å²) in [6.07, 6.45) is 3.45. The third kappa shape index (κ3) is 5.87. The summed E-state index contributed by atoms with van der Waals surface area (Å²) in [7, 11) is 0. The number of hydrogen-bond donors (Lipinski definition) is 1. The van der Waals surface area contributed by atoms with E-state index in [-0.39, 0.29) is 0 Å². The third-order valence-corrected chi connectivity index (χ3v) is 2.47. The molecule has 0 saturated carbocycles. The molecule has 0 aliphatic heterocycles. The molecule has 13 heavy (non-hydrogen) atoms. The fourth-order valence-electron chi connectivity index (χ4n) is 1.33. The lowest BCUT2D eigenvalue weighted by Crippen LogP contribution is -2.34. The highest BCUT2D eigenvalue weighted by atomic mass is 14.9. The van der Waals surface area contributed by atoms with Gasteiger partial charge in [-0.2, -0.15) is 0 Å². The van der Waals surface area contributed by atoms with Gasteiger partial charge in [-0.05, 0) is 31.7 Å². The van der Waals surface area contributed by atoms with Gasteiger partial charge in [0.05, 0.1) is 0 Å². The zero-order valence-electron chi connectivity index (χ0n) is 9.69. The van der Waals surface area contributed by atoms with Crippen molar-refractivity contribution in [3.05, 3.63) is 12.2 Å². The van der Waals surface area contributed by atoms with Crippen LogP contribution in [0, 0.1) is 5.92 Å². The molecule has 1 unspecified atom stereocenters. The second-order valence-electron chi connectivity index (χ2n) is 4.11. The molecule has 0 aromatic rings. The van der Waals surface area contributed by atoms with Crippen molar-refractivity contribution in [3.63, 3.8) is 0 Å². The van der Waals surface area contributed by atoms with Crippen LogP contribution in [-0.4, -0.2) is 12.6 Å². The average molecular weight is 183 g/mol. The smallest absolute Gasteiger partial charge is 0.0127 e. The Morgan fingerprint density at radius 3 is 2.31 bits per heavy atom. The van der Waals surface area contributed by atoms with Crippen LogP contribution < -0.4 is 5.32 Å². The number of rotatable bonds is 7. The molecule has 0 heterocycles. The van der Waals surface area contributed by atoms with Gasteiger partial charge in [0.2, 0.25) is 0 Å². The van der Waals surface area contributed by atoms with Crippen molar-refractivity contribution in [1.29, 1.82) is 0 Å². The molecule has 1 atom stereocenters. The third-order valence-electron chi connectivity index (χ3n) is 2.47. The summed E-state index contributed by atoms with van der Waals surface area (Å²) in [5, 5.41) is 3.57. The molecule has 0 aromatic carbocycles. The summed E-state index contributed by atoms with van der Waals surface area (Å²) in [6, 6.07) is 0.618. The van der Waals surface area contributed by atoms with Crippen LogP contribution in [0.3, 0.4) is 0 Å². The standard InChI is InChI=1S/C12H25N/c1-6-8-13-12(10(3)4)9-11(5)7-2/h10,12-13H,5-9H2,1-4H3. The van der Waals surface area contributed by atoms with Gasteiger partial charge in [-0.1, -0.05) is 39.8 Å².